The number of hydrogen-bond acceptors (Lipinski definition) is 2. The van der Waals surface area contributed by atoms with Crippen LogP contribution in [0.25, 0.3) is 0 Å². The third-order valence-electron chi connectivity index (χ3n) is 4.49. The number of para-hydroxylation sites is 1. The number of unbranched alkanes of at least 4 members (excludes halogenated alkanes) is 1. The van der Waals surface area contributed by atoms with Crippen LogP contribution < -0.4 is 10.7 Å². The van der Waals surface area contributed by atoms with Crippen molar-refractivity contribution in [1.29, 1.82) is 0 Å². The monoisotopic (exact) mass is 354 g/mol. The molecule has 1 aromatic heterocycles. The lowest BCUT2D eigenvalue weighted by Crippen LogP contribution is -2.29. The highest BCUT2D eigenvalue weighted by Gasteiger charge is 2.20. The Morgan fingerprint density at radius 3 is 2.31 bits per heavy atom. The van der Waals surface area contributed by atoms with Crippen LogP contribution in [-0.4, -0.2) is 10.5 Å². The highest BCUT2D eigenvalue weighted by atomic mass is 16.2. The van der Waals surface area contributed by atoms with Crippen LogP contribution in [0.15, 0.2) is 41.2 Å². The summed E-state index contributed by atoms with van der Waals surface area (Å²) < 4.78 is 2.22. The summed E-state index contributed by atoms with van der Waals surface area (Å²) in [6.07, 6.45) is 5.58. The first-order valence-corrected chi connectivity index (χ1v) is 9.74. The molecule has 0 saturated heterocycles. The van der Waals surface area contributed by atoms with E-state index in [1.807, 2.05) is 30.3 Å². The van der Waals surface area contributed by atoms with Crippen molar-refractivity contribution in [2.24, 2.45) is 0 Å². The van der Waals surface area contributed by atoms with Gasteiger partial charge >= 0.3 is 0 Å². The second kappa shape index (κ2) is 9.95. The number of hydrogen-bond donors (Lipinski definition) is 1. The number of aryl methyl sites for hydroxylation is 1. The summed E-state index contributed by atoms with van der Waals surface area (Å²) in [6.45, 7) is 7.21. The first-order chi connectivity index (χ1) is 12.6. The summed E-state index contributed by atoms with van der Waals surface area (Å²) in [5, 5.41) is 2.88. The predicted octanol–water partition coefficient (Wildman–Crippen LogP) is 4.81. The SMILES string of the molecule is CCCCn1c(CCC)cc(=O)c(C(=O)Nc2ccccc2)c1CCC. The Morgan fingerprint density at radius 1 is 1.00 bits per heavy atom. The second-order valence-corrected chi connectivity index (χ2v) is 6.65. The zero-order chi connectivity index (χ0) is 18.9. The number of carbonyl (C=O) groups is 1. The molecular weight excluding hydrogens is 324 g/mol. The van der Waals surface area contributed by atoms with E-state index in [0.717, 1.165) is 56.5 Å². The van der Waals surface area contributed by atoms with Gasteiger partial charge in [-0.2, -0.15) is 0 Å². The summed E-state index contributed by atoms with van der Waals surface area (Å²) in [5.74, 6) is -0.307. The fourth-order valence-electron chi connectivity index (χ4n) is 3.26. The minimum absolute atomic E-state index is 0.168. The van der Waals surface area contributed by atoms with Gasteiger partial charge in [0.25, 0.3) is 5.91 Å². The molecule has 4 heteroatoms. The van der Waals surface area contributed by atoms with Crippen LogP contribution in [0, 0.1) is 0 Å². The first kappa shape index (κ1) is 20.0. The van der Waals surface area contributed by atoms with Crippen molar-refractivity contribution < 1.29 is 4.79 Å². The lowest BCUT2D eigenvalue weighted by Gasteiger charge is -2.21. The maximum Gasteiger partial charge on any atom is 0.261 e. The minimum Gasteiger partial charge on any atom is -0.348 e. The molecule has 140 valence electrons. The molecule has 4 nitrogen and oxygen atoms in total. The van der Waals surface area contributed by atoms with Gasteiger partial charge in [0.2, 0.25) is 0 Å². The van der Waals surface area contributed by atoms with Gasteiger partial charge in [0.15, 0.2) is 5.43 Å². The van der Waals surface area contributed by atoms with Crippen LogP contribution in [0.1, 0.15) is 68.2 Å². The quantitative estimate of drug-likeness (QED) is 0.703. The van der Waals surface area contributed by atoms with Gasteiger partial charge in [-0.25, -0.2) is 0 Å². The van der Waals surface area contributed by atoms with Crippen molar-refractivity contribution in [3.8, 4) is 0 Å². The number of rotatable bonds is 9. The van der Waals surface area contributed by atoms with Crippen LogP contribution in [0.5, 0.6) is 0 Å². The van der Waals surface area contributed by atoms with Crippen LogP contribution in [0.4, 0.5) is 5.69 Å². The molecule has 2 rings (SSSR count). The van der Waals surface area contributed by atoms with Crippen molar-refractivity contribution in [3.63, 3.8) is 0 Å². The van der Waals surface area contributed by atoms with Crippen molar-refractivity contribution in [2.75, 3.05) is 5.32 Å². The van der Waals surface area contributed by atoms with Gasteiger partial charge in [-0.05, 0) is 31.4 Å². The Bertz CT molecular complexity index is 779. The van der Waals surface area contributed by atoms with Crippen molar-refractivity contribution in [1.82, 2.24) is 4.57 Å². The van der Waals surface area contributed by atoms with Crippen molar-refractivity contribution in [2.45, 2.75) is 65.8 Å². The molecule has 0 unspecified atom stereocenters. The van der Waals surface area contributed by atoms with E-state index in [4.69, 9.17) is 0 Å². The largest absolute Gasteiger partial charge is 0.348 e. The Morgan fingerprint density at radius 2 is 1.69 bits per heavy atom. The molecular formula is C22H30N2O2. The number of carbonyl (C=O) groups excluding carboxylic acids is 1. The third kappa shape index (κ3) is 4.84. The van der Waals surface area contributed by atoms with Crippen LogP contribution in [0.2, 0.25) is 0 Å². The lowest BCUT2D eigenvalue weighted by atomic mass is 10.0. The molecule has 0 aliphatic carbocycles. The first-order valence-electron chi connectivity index (χ1n) is 9.74. The number of nitrogens with zero attached hydrogens (tertiary/aromatic N) is 1. The average Bonchev–Trinajstić information content (AvgIpc) is 2.62. The summed E-state index contributed by atoms with van der Waals surface area (Å²) in [6, 6.07) is 11.0. The standard InChI is InChI=1S/C22H30N2O2/c1-4-7-15-24-18(11-5-2)16-20(25)21(19(24)12-6-3)22(26)23-17-13-9-8-10-14-17/h8-10,13-14,16H,4-7,11-12,15H2,1-3H3,(H,23,26). The minimum atomic E-state index is -0.307. The van der Waals surface area contributed by atoms with Gasteiger partial charge in [0.1, 0.15) is 5.56 Å². The third-order valence-corrected chi connectivity index (χ3v) is 4.49. The fraction of sp³-hybridized carbons (Fsp3) is 0.455. The number of benzene rings is 1. The number of amides is 1. The van der Waals surface area contributed by atoms with Gasteiger partial charge in [-0.3, -0.25) is 9.59 Å². The van der Waals surface area contributed by atoms with E-state index in [9.17, 15) is 9.59 Å². The van der Waals surface area contributed by atoms with Crippen molar-refractivity contribution in [3.05, 3.63) is 63.6 Å². The Labute approximate surface area is 156 Å². The second-order valence-electron chi connectivity index (χ2n) is 6.65. The fourth-order valence-corrected chi connectivity index (χ4v) is 3.26. The van der Waals surface area contributed by atoms with Gasteiger partial charge < -0.3 is 9.88 Å². The zero-order valence-electron chi connectivity index (χ0n) is 16.2. The number of pyridine rings is 1. The molecule has 1 N–H and O–H groups in total. The molecule has 0 saturated carbocycles. The molecule has 2 aromatic rings. The van der Waals surface area contributed by atoms with Crippen molar-refractivity contribution >= 4 is 11.6 Å². The van der Waals surface area contributed by atoms with Gasteiger partial charge in [-0.15, -0.1) is 0 Å². The highest BCUT2D eigenvalue weighted by Crippen LogP contribution is 2.17. The van der Waals surface area contributed by atoms with Gasteiger partial charge in [-0.1, -0.05) is 58.2 Å². The predicted molar refractivity (Wildman–Crippen MR) is 108 cm³/mol. The Balaban J connectivity index is 2.52. The van der Waals surface area contributed by atoms with E-state index < -0.39 is 0 Å². The van der Waals surface area contributed by atoms with E-state index in [-0.39, 0.29) is 11.3 Å². The maximum atomic E-state index is 12.9. The molecule has 1 aromatic carbocycles. The molecule has 0 aliphatic rings. The molecule has 0 fully saturated rings. The van der Waals surface area contributed by atoms with Crippen LogP contribution in [-0.2, 0) is 19.4 Å². The molecule has 1 heterocycles. The molecule has 0 spiro atoms. The highest BCUT2D eigenvalue weighted by molar-refractivity contribution is 6.05. The lowest BCUT2D eigenvalue weighted by molar-refractivity contribution is 0.102. The molecule has 0 bridgehead atoms. The zero-order valence-corrected chi connectivity index (χ0v) is 16.2. The van der Waals surface area contributed by atoms with E-state index in [1.54, 1.807) is 6.07 Å². The number of nitrogens with one attached hydrogen (secondary N) is 1. The normalized spacial score (nSPS) is 10.7. The maximum absolute atomic E-state index is 12.9. The summed E-state index contributed by atoms with van der Waals surface area (Å²) in [5.41, 5.74) is 2.76. The van der Waals surface area contributed by atoms with E-state index in [1.165, 1.54) is 0 Å². The van der Waals surface area contributed by atoms with E-state index >= 15 is 0 Å². The van der Waals surface area contributed by atoms with Crippen LogP contribution >= 0.6 is 0 Å². The van der Waals surface area contributed by atoms with E-state index in [2.05, 4.69) is 30.7 Å². The summed E-state index contributed by atoms with van der Waals surface area (Å²) in [7, 11) is 0. The number of aromatic nitrogens is 1. The molecule has 26 heavy (non-hydrogen) atoms. The smallest absolute Gasteiger partial charge is 0.261 e. The van der Waals surface area contributed by atoms with Gasteiger partial charge in [0, 0.05) is 29.7 Å². The Hall–Kier alpha value is -2.36. The van der Waals surface area contributed by atoms with E-state index in [0.29, 0.717) is 11.3 Å². The summed E-state index contributed by atoms with van der Waals surface area (Å²) >= 11 is 0. The molecule has 0 aliphatic heterocycles. The number of anilines is 1. The molecule has 0 atom stereocenters. The Kier molecular flexibility index (Phi) is 7.64. The topological polar surface area (TPSA) is 51.1 Å². The van der Waals surface area contributed by atoms with Gasteiger partial charge in [0.05, 0.1) is 0 Å². The molecule has 0 radical (unpaired) electrons. The molecule has 1 amide bonds. The van der Waals surface area contributed by atoms with Crippen LogP contribution in [0.3, 0.4) is 0 Å². The summed E-state index contributed by atoms with van der Waals surface area (Å²) in [4.78, 5) is 25.7. The average molecular weight is 354 g/mol.